The van der Waals surface area contributed by atoms with Crippen LogP contribution in [0.5, 0.6) is 11.5 Å². The summed E-state index contributed by atoms with van der Waals surface area (Å²) in [5, 5.41) is 45.1. The third-order valence-electron chi connectivity index (χ3n) is 9.37. The van der Waals surface area contributed by atoms with Gasteiger partial charge in [0.2, 0.25) is 5.78 Å². The number of methoxy groups -OCH3 is 1. The number of ketones is 2. The summed E-state index contributed by atoms with van der Waals surface area (Å²) in [7, 11) is 6.70. The minimum absolute atomic E-state index is 0.0263. The van der Waals surface area contributed by atoms with Crippen LogP contribution in [0.1, 0.15) is 47.7 Å². The van der Waals surface area contributed by atoms with E-state index in [0.29, 0.717) is 29.8 Å². The standard InChI is InChI=1S/C29H37N3O8/c1-12(13-6-7-13)32(4)11-15-10-18(33)20-16(25(15)40-5)8-14-9-17-22(31(2)3)24(35)21(28(30)38)27(37)29(17,39)26(36)19(14)23(20)34/h10,12-14,17,22,33,35-36,39H,6-9,11H2,1-5H3,(H2,30,38)/t12-,14+,17+,22+,29+/m1/s1. The number of ether oxygens (including phenoxy) is 1. The fourth-order valence-corrected chi connectivity index (χ4v) is 7.09. The highest BCUT2D eigenvalue weighted by Crippen LogP contribution is 2.53. The molecule has 0 radical (unpaired) electrons. The zero-order valence-corrected chi connectivity index (χ0v) is 23.4. The van der Waals surface area contributed by atoms with Crippen molar-refractivity contribution in [2.75, 3.05) is 28.3 Å². The third-order valence-corrected chi connectivity index (χ3v) is 9.37. The highest BCUT2D eigenvalue weighted by Gasteiger charge is 2.63. The van der Waals surface area contributed by atoms with E-state index in [1.54, 1.807) is 14.1 Å². The van der Waals surface area contributed by atoms with Gasteiger partial charge >= 0.3 is 0 Å². The van der Waals surface area contributed by atoms with Gasteiger partial charge in [0.1, 0.15) is 28.6 Å². The zero-order chi connectivity index (χ0) is 29.4. The van der Waals surface area contributed by atoms with Crippen molar-refractivity contribution in [3.05, 3.63) is 45.4 Å². The molecule has 6 N–H and O–H groups in total. The molecule has 0 aromatic heterocycles. The van der Waals surface area contributed by atoms with Crippen LogP contribution in [-0.2, 0) is 22.6 Å². The first kappa shape index (κ1) is 28.1. The summed E-state index contributed by atoms with van der Waals surface area (Å²) < 4.78 is 5.79. The van der Waals surface area contributed by atoms with E-state index in [0.717, 1.165) is 5.56 Å². The summed E-state index contributed by atoms with van der Waals surface area (Å²) in [5.41, 5.74) is 2.85. The smallest absolute Gasteiger partial charge is 0.255 e. The molecular formula is C29H37N3O8. The number of carbonyl (C=O) groups is 3. The largest absolute Gasteiger partial charge is 0.510 e. The van der Waals surface area contributed by atoms with Gasteiger partial charge in [-0.15, -0.1) is 0 Å². The van der Waals surface area contributed by atoms with Gasteiger partial charge in [-0.3, -0.25) is 24.2 Å². The number of amides is 1. The molecule has 216 valence electrons. The van der Waals surface area contributed by atoms with Gasteiger partial charge < -0.3 is 30.9 Å². The van der Waals surface area contributed by atoms with E-state index < -0.39 is 58.0 Å². The lowest BCUT2D eigenvalue weighted by Crippen LogP contribution is -2.63. The van der Waals surface area contributed by atoms with Gasteiger partial charge in [-0.1, -0.05) is 0 Å². The van der Waals surface area contributed by atoms with Crippen molar-refractivity contribution in [1.29, 1.82) is 0 Å². The number of aliphatic hydroxyl groups excluding tert-OH is 2. The Morgan fingerprint density at radius 2 is 1.85 bits per heavy atom. The van der Waals surface area contributed by atoms with Crippen molar-refractivity contribution in [2.24, 2.45) is 23.5 Å². The maximum atomic E-state index is 13.9. The van der Waals surface area contributed by atoms with Gasteiger partial charge in [-0.05, 0) is 71.7 Å². The number of phenolic OH excluding ortho intramolecular Hbond substituents is 1. The first-order valence-electron chi connectivity index (χ1n) is 13.5. The van der Waals surface area contributed by atoms with Gasteiger partial charge in [0.05, 0.1) is 18.7 Å². The highest BCUT2D eigenvalue weighted by atomic mass is 16.5. The number of hydrogen-bond acceptors (Lipinski definition) is 10. The number of nitrogens with two attached hydrogens (primary N) is 1. The molecule has 5 atom stereocenters. The molecule has 1 amide bonds. The number of Topliss-reactive ketones (excluding diaryl/α,β-unsaturated/α-hetero) is 2. The molecule has 4 aliphatic carbocycles. The Labute approximate surface area is 232 Å². The number of allylic oxidation sites excluding steroid dienone is 1. The fourth-order valence-electron chi connectivity index (χ4n) is 7.09. The first-order chi connectivity index (χ1) is 18.7. The van der Waals surface area contributed by atoms with Gasteiger partial charge in [0.15, 0.2) is 11.4 Å². The van der Waals surface area contributed by atoms with Crippen molar-refractivity contribution >= 4 is 17.5 Å². The molecule has 0 spiro atoms. The van der Waals surface area contributed by atoms with Gasteiger partial charge in [0, 0.05) is 35.2 Å². The second kappa shape index (κ2) is 9.60. The van der Waals surface area contributed by atoms with Crippen molar-refractivity contribution < 1.29 is 39.5 Å². The molecule has 0 heterocycles. The van der Waals surface area contributed by atoms with Crippen LogP contribution in [0.3, 0.4) is 0 Å². The first-order valence-corrected chi connectivity index (χ1v) is 13.5. The lowest BCUT2D eigenvalue weighted by molar-refractivity contribution is -0.148. The van der Waals surface area contributed by atoms with Crippen molar-refractivity contribution in [3.8, 4) is 11.5 Å². The zero-order valence-electron chi connectivity index (χ0n) is 23.4. The van der Waals surface area contributed by atoms with E-state index in [4.69, 9.17) is 10.5 Å². The number of phenols is 1. The van der Waals surface area contributed by atoms with Crippen LogP contribution in [0.4, 0.5) is 0 Å². The third kappa shape index (κ3) is 3.93. The molecule has 1 aromatic carbocycles. The van der Waals surface area contributed by atoms with Gasteiger partial charge in [0.25, 0.3) is 5.91 Å². The average Bonchev–Trinajstić information content (AvgIpc) is 3.71. The lowest BCUT2D eigenvalue weighted by atomic mass is 9.58. The summed E-state index contributed by atoms with van der Waals surface area (Å²) in [5.74, 6) is -5.63. The second-order valence-corrected chi connectivity index (χ2v) is 11.9. The van der Waals surface area contributed by atoms with Crippen LogP contribution in [-0.4, -0.2) is 93.6 Å². The summed E-state index contributed by atoms with van der Waals surface area (Å²) in [6.07, 6.45) is 2.57. The van der Waals surface area contributed by atoms with Crippen LogP contribution in [0, 0.1) is 17.8 Å². The summed E-state index contributed by atoms with van der Waals surface area (Å²) >= 11 is 0. The predicted octanol–water partition coefficient (Wildman–Crippen LogP) is 1.36. The number of hydrogen-bond donors (Lipinski definition) is 5. The van der Waals surface area contributed by atoms with Crippen LogP contribution in [0.15, 0.2) is 28.7 Å². The fraction of sp³-hybridized carbons (Fsp3) is 0.552. The van der Waals surface area contributed by atoms with E-state index in [1.165, 1.54) is 30.9 Å². The van der Waals surface area contributed by atoms with Gasteiger partial charge in [-0.25, -0.2) is 0 Å². The molecule has 0 bridgehead atoms. The minimum Gasteiger partial charge on any atom is -0.510 e. The number of rotatable bonds is 7. The monoisotopic (exact) mass is 555 g/mol. The number of aliphatic hydroxyl groups is 3. The van der Waals surface area contributed by atoms with Crippen LogP contribution >= 0.6 is 0 Å². The van der Waals surface area contributed by atoms with Crippen LogP contribution in [0.2, 0.25) is 0 Å². The maximum absolute atomic E-state index is 13.9. The van der Waals surface area contributed by atoms with Crippen molar-refractivity contribution in [2.45, 2.75) is 56.8 Å². The Kier molecular flexibility index (Phi) is 6.75. The van der Waals surface area contributed by atoms with E-state index in [-0.39, 0.29) is 29.7 Å². The number of carbonyl (C=O) groups excluding carboxylic acids is 3. The molecule has 5 rings (SSSR count). The Morgan fingerprint density at radius 3 is 2.40 bits per heavy atom. The maximum Gasteiger partial charge on any atom is 0.255 e. The Morgan fingerprint density at radius 1 is 1.20 bits per heavy atom. The van der Waals surface area contributed by atoms with E-state index in [2.05, 4.69) is 11.8 Å². The second-order valence-electron chi connectivity index (χ2n) is 11.9. The number of likely N-dealkylation sites (N-methyl/N-ethyl adjacent to an activating group) is 1. The molecule has 0 saturated heterocycles. The molecule has 1 saturated carbocycles. The Bertz CT molecular complexity index is 1380. The molecule has 1 aromatic rings. The molecule has 0 aliphatic heterocycles. The number of fused-ring (bicyclic) bond motifs is 3. The minimum atomic E-state index is -2.66. The van der Waals surface area contributed by atoms with Crippen LogP contribution in [0.25, 0.3) is 0 Å². The van der Waals surface area contributed by atoms with Crippen molar-refractivity contribution in [1.82, 2.24) is 9.80 Å². The van der Waals surface area contributed by atoms with E-state index in [1.807, 2.05) is 7.05 Å². The van der Waals surface area contributed by atoms with Crippen molar-refractivity contribution in [3.63, 3.8) is 0 Å². The summed E-state index contributed by atoms with van der Waals surface area (Å²) in [6.45, 7) is 2.65. The predicted molar refractivity (Wildman–Crippen MR) is 144 cm³/mol. The number of primary amides is 1. The Balaban J connectivity index is 1.63. The number of aromatic hydroxyl groups is 1. The molecule has 11 nitrogen and oxygen atoms in total. The van der Waals surface area contributed by atoms with E-state index in [9.17, 15) is 34.8 Å². The van der Waals surface area contributed by atoms with Gasteiger partial charge in [-0.2, -0.15) is 0 Å². The number of nitrogens with zero attached hydrogens (tertiary/aromatic N) is 2. The molecular weight excluding hydrogens is 518 g/mol. The SMILES string of the molecule is COc1c(CN(C)[C@H](C)C2CC2)cc(O)c2c1C[C@H]1C[C@H]3[C@H](N(C)C)C(O)=C(C(N)=O)C(=O)[C@@]3(O)C(O)=C1C2=O. The highest BCUT2D eigenvalue weighted by molar-refractivity contribution is 6.24. The average molecular weight is 556 g/mol. The quantitative estimate of drug-likeness (QED) is 0.309. The topological polar surface area (TPSA) is 174 Å². The molecule has 11 heteroatoms. The molecule has 4 aliphatic rings. The normalized spacial score (nSPS) is 28.9. The molecule has 1 fully saturated rings. The molecule has 0 unspecified atom stereocenters. The lowest BCUT2D eigenvalue weighted by Gasteiger charge is -2.50. The Hall–Kier alpha value is -3.41. The number of benzene rings is 1. The molecule has 40 heavy (non-hydrogen) atoms. The van der Waals surface area contributed by atoms with E-state index >= 15 is 0 Å². The summed E-state index contributed by atoms with van der Waals surface area (Å²) in [6, 6.07) is 0.790. The van der Waals surface area contributed by atoms with Crippen LogP contribution < -0.4 is 10.5 Å². The summed E-state index contributed by atoms with van der Waals surface area (Å²) in [4.78, 5) is 43.1.